The highest BCUT2D eigenvalue weighted by Crippen LogP contribution is 2.27. The highest BCUT2D eigenvalue weighted by atomic mass is 35.5. The van der Waals surface area contributed by atoms with Crippen molar-refractivity contribution in [2.75, 3.05) is 36.4 Å². The van der Waals surface area contributed by atoms with E-state index < -0.39 is 0 Å². The van der Waals surface area contributed by atoms with Gasteiger partial charge in [0.05, 0.1) is 0 Å². The molecule has 3 rings (SSSR count). The van der Waals surface area contributed by atoms with Crippen LogP contribution in [0.4, 0.5) is 11.9 Å². The first-order chi connectivity index (χ1) is 10.2. The van der Waals surface area contributed by atoms with Crippen LogP contribution in [0.1, 0.15) is 33.1 Å². The van der Waals surface area contributed by atoms with Crippen LogP contribution in [0.25, 0.3) is 0 Å². The second-order valence-electron chi connectivity index (χ2n) is 5.90. The average molecular weight is 311 g/mol. The molecule has 2 aliphatic rings. The maximum atomic E-state index is 6.05. The molecule has 0 radical (unpaired) electrons. The lowest BCUT2D eigenvalue weighted by molar-refractivity contribution is 0.115. The van der Waals surface area contributed by atoms with Crippen molar-refractivity contribution < 1.29 is 0 Å². The number of piperazine rings is 1. The molecule has 0 spiro atoms. The minimum absolute atomic E-state index is 0.259. The van der Waals surface area contributed by atoms with Crippen molar-refractivity contribution in [2.24, 2.45) is 0 Å². The van der Waals surface area contributed by atoms with Gasteiger partial charge in [-0.2, -0.15) is 15.0 Å². The summed E-state index contributed by atoms with van der Waals surface area (Å²) < 4.78 is 0. The maximum absolute atomic E-state index is 6.05. The molecule has 2 aliphatic heterocycles. The lowest BCUT2D eigenvalue weighted by atomic mass is 9.97. The van der Waals surface area contributed by atoms with Crippen molar-refractivity contribution in [3.8, 4) is 0 Å². The van der Waals surface area contributed by atoms with Gasteiger partial charge in [0.25, 0.3) is 0 Å². The van der Waals surface area contributed by atoms with Gasteiger partial charge < -0.3 is 10.2 Å². The first kappa shape index (κ1) is 14.8. The van der Waals surface area contributed by atoms with Gasteiger partial charge in [-0.25, -0.2) is 0 Å². The molecule has 2 atom stereocenters. The number of hydrogen-bond donors (Lipinski definition) is 1. The van der Waals surface area contributed by atoms with Crippen LogP contribution in [0.2, 0.25) is 5.28 Å². The molecule has 2 unspecified atom stereocenters. The van der Waals surface area contributed by atoms with E-state index in [9.17, 15) is 0 Å². The average Bonchev–Trinajstić information content (AvgIpc) is 2.46. The van der Waals surface area contributed by atoms with Gasteiger partial charge in [-0.3, -0.25) is 4.90 Å². The van der Waals surface area contributed by atoms with Crippen molar-refractivity contribution >= 4 is 23.5 Å². The van der Waals surface area contributed by atoms with Gasteiger partial charge in [0, 0.05) is 31.7 Å². The smallest absolute Gasteiger partial charge is 0.231 e. The van der Waals surface area contributed by atoms with E-state index in [2.05, 4.69) is 37.0 Å². The molecule has 21 heavy (non-hydrogen) atoms. The number of rotatable bonds is 3. The highest BCUT2D eigenvalue weighted by molar-refractivity contribution is 6.28. The van der Waals surface area contributed by atoms with Crippen LogP contribution in [-0.4, -0.2) is 58.1 Å². The highest BCUT2D eigenvalue weighted by Gasteiger charge is 2.34. The standard InChI is InChI=1S/C14H23ClN6/c1-3-16-13-17-12(15)18-14(19-13)21-9-11-6-4-5-7-20(11)8-10(21)2/h10-11H,3-9H2,1-2H3,(H,16,17,18,19). The summed E-state index contributed by atoms with van der Waals surface area (Å²) in [6, 6.07) is 1.01. The monoisotopic (exact) mass is 310 g/mol. The van der Waals surface area contributed by atoms with Gasteiger partial charge in [0.15, 0.2) is 0 Å². The van der Waals surface area contributed by atoms with Gasteiger partial charge in [0.1, 0.15) is 0 Å². The third-order valence-corrected chi connectivity index (χ3v) is 4.54. The molecule has 1 N–H and O–H groups in total. The summed E-state index contributed by atoms with van der Waals surface area (Å²) in [4.78, 5) is 17.9. The van der Waals surface area contributed by atoms with Crippen molar-refractivity contribution in [2.45, 2.75) is 45.2 Å². The largest absolute Gasteiger partial charge is 0.354 e. The first-order valence-corrected chi connectivity index (χ1v) is 8.21. The predicted octanol–water partition coefficient (Wildman–Crippen LogP) is 2.02. The lowest BCUT2D eigenvalue weighted by Gasteiger charge is -2.47. The molecule has 0 amide bonds. The van der Waals surface area contributed by atoms with Crippen LogP contribution in [0.5, 0.6) is 0 Å². The van der Waals surface area contributed by atoms with Crippen LogP contribution in [0.3, 0.4) is 0 Å². The van der Waals surface area contributed by atoms with E-state index in [-0.39, 0.29) is 5.28 Å². The third kappa shape index (κ3) is 3.21. The first-order valence-electron chi connectivity index (χ1n) is 7.83. The Kier molecular flexibility index (Phi) is 4.45. The fourth-order valence-electron chi connectivity index (χ4n) is 3.34. The van der Waals surface area contributed by atoms with E-state index in [1.807, 2.05) is 6.92 Å². The minimum Gasteiger partial charge on any atom is -0.354 e. The quantitative estimate of drug-likeness (QED) is 0.922. The molecule has 1 aromatic heterocycles. The van der Waals surface area contributed by atoms with Crippen LogP contribution in [0.15, 0.2) is 0 Å². The van der Waals surface area contributed by atoms with E-state index in [1.165, 1.54) is 25.8 Å². The Morgan fingerprint density at radius 3 is 2.90 bits per heavy atom. The summed E-state index contributed by atoms with van der Waals surface area (Å²) in [6.45, 7) is 8.29. The second kappa shape index (κ2) is 6.32. The zero-order valence-corrected chi connectivity index (χ0v) is 13.5. The molecule has 7 heteroatoms. The number of aromatic nitrogens is 3. The number of nitrogens with zero attached hydrogens (tertiary/aromatic N) is 5. The van der Waals surface area contributed by atoms with E-state index in [4.69, 9.17) is 11.6 Å². The zero-order valence-electron chi connectivity index (χ0n) is 12.7. The molecule has 6 nitrogen and oxygen atoms in total. The Morgan fingerprint density at radius 1 is 1.24 bits per heavy atom. The number of piperidine rings is 1. The molecule has 0 saturated carbocycles. The number of halogens is 1. The summed E-state index contributed by atoms with van der Waals surface area (Å²) in [6.07, 6.45) is 3.91. The minimum atomic E-state index is 0.259. The van der Waals surface area contributed by atoms with Gasteiger partial charge in [-0.05, 0) is 44.8 Å². The van der Waals surface area contributed by atoms with Crippen molar-refractivity contribution in [1.29, 1.82) is 0 Å². The summed E-state index contributed by atoms with van der Waals surface area (Å²) in [5.41, 5.74) is 0. The fourth-order valence-corrected chi connectivity index (χ4v) is 3.49. The van der Waals surface area contributed by atoms with Crippen LogP contribution < -0.4 is 10.2 Å². The van der Waals surface area contributed by atoms with E-state index >= 15 is 0 Å². The van der Waals surface area contributed by atoms with E-state index in [0.29, 0.717) is 24.0 Å². The van der Waals surface area contributed by atoms with Gasteiger partial charge in [-0.15, -0.1) is 0 Å². The topological polar surface area (TPSA) is 57.2 Å². The summed E-state index contributed by atoms with van der Waals surface area (Å²) in [5.74, 6) is 1.26. The number of nitrogens with one attached hydrogen (secondary N) is 1. The molecule has 2 saturated heterocycles. The van der Waals surface area contributed by atoms with Crippen LogP contribution in [-0.2, 0) is 0 Å². The van der Waals surface area contributed by atoms with Gasteiger partial charge in [0.2, 0.25) is 17.2 Å². The molecular weight excluding hydrogens is 288 g/mol. The normalized spacial score (nSPS) is 26.5. The number of anilines is 2. The maximum Gasteiger partial charge on any atom is 0.231 e. The molecule has 2 fully saturated rings. The molecular formula is C14H23ClN6. The van der Waals surface area contributed by atoms with E-state index in [0.717, 1.165) is 19.6 Å². The summed E-state index contributed by atoms with van der Waals surface area (Å²) in [5, 5.41) is 3.37. The number of fused-ring (bicyclic) bond motifs is 1. The third-order valence-electron chi connectivity index (χ3n) is 4.38. The van der Waals surface area contributed by atoms with Crippen LogP contribution >= 0.6 is 11.6 Å². The lowest BCUT2D eigenvalue weighted by Crippen LogP contribution is -2.59. The van der Waals surface area contributed by atoms with E-state index in [1.54, 1.807) is 0 Å². The second-order valence-corrected chi connectivity index (χ2v) is 6.24. The molecule has 116 valence electrons. The molecule has 0 aliphatic carbocycles. The molecule has 3 heterocycles. The van der Waals surface area contributed by atoms with Crippen LogP contribution in [0, 0.1) is 0 Å². The van der Waals surface area contributed by atoms with Gasteiger partial charge in [-0.1, -0.05) is 6.42 Å². The number of hydrogen-bond acceptors (Lipinski definition) is 6. The Bertz CT molecular complexity index is 496. The summed E-state index contributed by atoms with van der Waals surface area (Å²) >= 11 is 6.05. The molecule has 1 aromatic rings. The Labute approximate surface area is 130 Å². The Hall–Kier alpha value is -1.14. The zero-order chi connectivity index (χ0) is 14.8. The molecule has 0 bridgehead atoms. The molecule has 0 aromatic carbocycles. The predicted molar refractivity (Wildman–Crippen MR) is 85.0 cm³/mol. The van der Waals surface area contributed by atoms with Crippen molar-refractivity contribution in [1.82, 2.24) is 19.9 Å². The fraction of sp³-hybridized carbons (Fsp3) is 0.786. The Morgan fingerprint density at radius 2 is 2.10 bits per heavy atom. The van der Waals surface area contributed by atoms with Gasteiger partial charge >= 0.3 is 0 Å². The van der Waals surface area contributed by atoms with Crippen molar-refractivity contribution in [3.05, 3.63) is 5.28 Å². The Balaban J connectivity index is 1.82. The SMILES string of the molecule is CCNc1nc(Cl)nc(N2CC3CCCCN3CC2C)n1. The summed E-state index contributed by atoms with van der Waals surface area (Å²) in [7, 11) is 0. The van der Waals surface area contributed by atoms with Crippen molar-refractivity contribution in [3.63, 3.8) is 0 Å².